The monoisotopic (exact) mass is 403 g/mol. The predicted molar refractivity (Wildman–Crippen MR) is 103 cm³/mol. The highest BCUT2D eigenvalue weighted by atomic mass is 16.6. The fourth-order valence-electron chi connectivity index (χ4n) is 5.03. The lowest BCUT2D eigenvalue weighted by Gasteiger charge is -2.40. The van der Waals surface area contributed by atoms with Crippen molar-refractivity contribution in [2.24, 2.45) is 16.6 Å². The molecule has 1 amide bonds. The zero-order valence-corrected chi connectivity index (χ0v) is 17.1. The highest BCUT2D eigenvalue weighted by molar-refractivity contribution is 6.25. The van der Waals surface area contributed by atoms with Crippen molar-refractivity contribution < 1.29 is 23.9 Å². The third-order valence-corrected chi connectivity index (χ3v) is 6.33. The van der Waals surface area contributed by atoms with Crippen LogP contribution in [0, 0.1) is 5.92 Å². The first-order valence-electron chi connectivity index (χ1n) is 9.38. The molecule has 0 aromatic heterocycles. The van der Waals surface area contributed by atoms with Gasteiger partial charge in [-0.2, -0.15) is 0 Å². The van der Waals surface area contributed by atoms with Gasteiger partial charge in [0.05, 0.1) is 24.0 Å². The molecule has 0 saturated carbocycles. The van der Waals surface area contributed by atoms with Crippen LogP contribution in [0.2, 0.25) is 0 Å². The standard InChI is InChI=1S/C19H25N5O5/c1-9-13(21-8-22(2)3)16(26)12-10(7-29-18(20)27)19(28-5)17-11(23(17)4)6-24(19)14(12)15(9)25/h8,10-11,17H,6-7H2,1-5H3,(H2,20,27)/t10?,11-,17?,19?,23?/m0/s1. The lowest BCUT2D eigenvalue weighted by molar-refractivity contribution is -0.144. The second-order valence-electron chi connectivity index (χ2n) is 8.03. The molecule has 156 valence electrons. The number of primary amides is 1. The zero-order chi connectivity index (χ0) is 21.2. The van der Waals surface area contributed by atoms with E-state index in [0.29, 0.717) is 17.8 Å². The molecule has 5 atom stereocenters. The number of carbonyl (C=O) groups excluding carboxylic acids is 3. The first-order valence-corrected chi connectivity index (χ1v) is 9.38. The van der Waals surface area contributed by atoms with Crippen molar-refractivity contribution in [3.63, 3.8) is 0 Å². The van der Waals surface area contributed by atoms with E-state index in [1.54, 1.807) is 33.0 Å². The van der Waals surface area contributed by atoms with Gasteiger partial charge < -0.3 is 25.0 Å². The van der Waals surface area contributed by atoms with Crippen molar-refractivity contribution >= 4 is 24.0 Å². The number of ketones is 2. The number of Topliss-reactive ketones (excluding diaryl/α,β-unsaturated/α-hetero) is 2. The maximum absolute atomic E-state index is 13.5. The molecule has 10 heteroatoms. The van der Waals surface area contributed by atoms with E-state index in [4.69, 9.17) is 15.2 Å². The predicted octanol–water partition coefficient (Wildman–Crippen LogP) is -0.678. The Morgan fingerprint density at radius 3 is 2.66 bits per heavy atom. The van der Waals surface area contributed by atoms with Crippen LogP contribution in [0.25, 0.3) is 0 Å². The fraction of sp³-hybridized carbons (Fsp3) is 0.579. The van der Waals surface area contributed by atoms with Gasteiger partial charge in [0.15, 0.2) is 5.72 Å². The van der Waals surface area contributed by atoms with Gasteiger partial charge in [-0.3, -0.25) is 14.5 Å². The molecule has 29 heavy (non-hydrogen) atoms. The molecule has 4 rings (SSSR count). The van der Waals surface area contributed by atoms with E-state index < -0.39 is 17.7 Å². The molecule has 0 aromatic carbocycles. The van der Waals surface area contributed by atoms with E-state index in [1.807, 2.05) is 11.9 Å². The van der Waals surface area contributed by atoms with Crippen molar-refractivity contribution in [3.05, 3.63) is 22.5 Å². The Labute approximate surface area is 168 Å². The SMILES string of the molecule is COC12C(COC(N)=O)C3=C(C(=O)C(C)=C(N=CN(C)C)C3=O)N1C[C@H]1C2N1C. The minimum Gasteiger partial charge on any atom is -0.449 e. The molecule has 2 saturated heterocycles. The molecule has 0 radical (unpaired) electrons. The molecule has 4 aliphatic rings. The van der Waals surface area contributed by atoms with Crippen LogP contribution in [-0.2, 0) is 19.1 Å². The lowest BCUT2D eigenvalue weighted by Crippen LogP contribution is -2.55. The number of piperazine rings is 1. The topological polar surface area (TPSA) is 118 Å². The highest BCUT2D eigenvalue weighted by Gasteiger charge is 2.75. The van der Waals surface area contributed by atoms with Gasteiger partial charge in [0, 0.05) is 44.9 Å². The molecular formula is C19H25N5O5. The number of hydrogen-bond acceptors (Lipinski definition) is 8. The van der Waals surface area contributed by atoms with Crippen molar-refractivity contribution in [1.29, 1.82) is 0 Å². The molecule has 1 aliphatic carbocycles. The largest absolute Gasteiger partial charge is 0.449 e. The number of methoxy groups -OCH3 is 1. The number of nitrogens with two attached hydrogens (primary N) is 1. The number of amides is 1. The average molecular weight is 403 g/mol. The molecule has 3 aliphatic heterocycles. The molecule has 10 nitrogen and oxygen atoms in total. The summed E-state index contributed by atoms with van der Waals surface area (Å²) in [6.45, 7) is 2.01. The quantitative estimate of drug-likeness (QED) is 0.278. The molecule has 3 heterocycles. The summed E-state index contributed by atoms with van der Waals surface area (Å²) < 4.78 is 11.1. The number of fused-ring (bicyclic) bond motifs is 4. The molecule has 2 N–H and O–H groups in total. The van der Waals surface area contributed by atoms with E-state index >= 15 is 0 Å². The van der Waals surface area contributed by atoms with Crippen LogP contribution in [0.15, 0.2) is 27.5 Å². The van der Waals surface area contributed by atoms with Gasteiger partial charge >= 0.3 is 6.09 Å². The first kappa shape index (κ1) is 19.6. The van der Waals surface area contributed by atoms with Gasteiger partial charge in [0.25, 0.3) is 0 Å². The Balaban J connectivity index is 1.82. The van der Waals surface area contributed by atoms with E-state index in [-0.39, 0.29) is 41.5 Å². The Kier molecular flexibility index (Phi) is 4.32. The number of aliphatic imine (C=N–C) groups is 1. The van der Waals surface area contributed by atoms with Crippen LogP contribution in [-0.4, -0.2) is 97.9 Å². The first-order chi connectivity index (χ1) is 13.7. The third kappa shape index (κ3) is 2.48. The minimum atomic E-state index is -0.966. The number of rotatable bonds is 5. The molecule has 4 unspecified atom stereocenters. The maximum Gasteiger partial charge on any atom is 0.404 e. The van der Waals surface area contributed by atoms with Crippen LogP contribution in [0.3, 0.4) is 0 Å². The smallest absolute Gasteiger partial charge is 0.404 e. The van der Waals surface area contributed by atoms with Gasteiger partial charge in [-0.25, -0.2) is 9.79 Å². The number of carbonyl (C=O) groups is 3. The maximum atomic E-state index is 13.5. The number of likely N-dealkylation sites (N-methyl/N-ethyl adjacent to an activating group) is 1. The molecule has 0 spiro atoms. The van der Waals surface area contributed by atoms with Gasteiger partial charge in [-0.05, 0) is 14.0 Å². The summed E-state index contributed by atoms with van der Waals surface area (Å²) in [7, 11) is 7.07. The van der Waals surface area contributed by atoms with Crippen LogP contribution >= 0.6 is 0 Å². The summed E-state index contributed by atoms with van der Waals surface area (Å²) in [6, 6.07) is 0.189. The minimum absolute atomic E-state index is 0.0193. The Hall–Kier alpha value is -2.72. The van der Waals surface area contributed by atoms with Gasteiger partial charge in [-0.1, -0.05) is 0 Å². The van der Waals surface area contributed by atoms with E-state index in [9.17, 15) is 14.4 Å². The Morgan fingerprint density at radius 2 is 2.07 bits per heavy atom. The Bertz CT molecular complexity index is 907. The molecule has 0 aromatic rings. The third-order valence-electron chi connectivity index (χ3n) is 6.33. The van der Waals surface area contributed by atoms with Gasteiger partial charge in [-0.15, -0.1) is 0 Å². The number of hydrogen-bond donors (Lipinski definition) is 1. The van der Waals surface area contributed by atoms with E-state index in [2.05, 4.69) is 9.89 Å². The summed E-state index contributed by atoms with van der Waals surface area (Å²) in [6.07, 6.45) is 0.542. The normalized spacial score (nSPS) is 35.3. The number of ether oxygens (including phenoxy) is 2. The van der Waals surface area contributed by atoms with Crippen molar-refractivity contribution in [3.8, 4) is 0 Å². The summed E-state index contributed by atoms with van der Waals surface area (Å²) in [5.41, 5.74) is 5.23. The van der Waals surface area contributed by atoms with Crippen LogP contribution in [0.4, 0.5) is 4.79 Å². The van der Waals surface area contributed by atoms with Crippen LogP contribution in [0.1, 0.15) is 6.92 Å². The van der Waals surface area contributed by atoms with Gasteiger partial charge in [0.1, 0.15) is 12.3 Å². The van der Waals surface area contributed by atoms with Crippen molar-refractivity contribution in [2.75, 3.05) is 41.4 Å². The van der Waals surface area contributed by atoms with Crippen molar-refractivity contribution in [1.82, 2.24) is 14.7 Å². The van der Waals surface area contributed by atoms with Crippen LogP contribution in [0.5, 0.6) is 0 Å². The summed E-state index contributed by atoms with van der Waals surface area (Å²) in [5, 5.41) is 0. The van der Waals surface area contributed by atoms with Crippen LogP contribution < -0.4 is 5.73 Å². The van der Waals surface area contributed by atoms with Crippen molar-refractivity contribution in [2.45, 2.75) is 24.7 Å². The summed E-state index contributed by atoms with van der Waals surface area (Å²) in [4.78, 5) is 48.0. The average Bonchev–Trinajstić information content (AvgIpc) is 3.04. The molecular weight excluding hydrogens is 378 g/mol. The summed E-state index contributed by atoms with van der Waals surface area (Å²) >= 11 is 0. The Morgan fingerprint density at radius 1 is 1.38 bits per heavy atom. The second-order valence-corrected chi connectivity index (χ2v) is 8.03. The lowest BCUT2D eigenvalue weighted by atomic mass is 9.82. The number of allylic oxidation sites excluding steroid dienone is 2. The fourth-order valence-corrected chi connectivity index (χ4v) is 5.03. The molecule has 2 fully saturated rings. The second kappa shape index (κ2) is 6.39. The van der Waals surface area contributed by atoms with Gasteiger partial charge in [0.2, 0.25) is 11.6 Å². The van der Waals surface area contributed by atoms with E-state index in [0.717, 1.165) is 0 Å². The molecule has 0 bridgehead atoms. The number of nitrogens with zero attached hydrogens (tertiary/aromatic N) is 4. The highest BCUT2D eigenvalue weighted by Crippen LogP contribution is 2.59. The van der Waals surface area contributed by atoms with E-state index in [1.165, 1.54) is 6.34 Å². The summed E-state index contributed by atoms with van der Waals surface area (Å²) in [5.74, 6) is -1.25. The zero-order valence-electron chi connectivity index (χ0n) is 17.1.